The van der Waals surface area contributed by atoms with E-state index in [-0.39, 0.29) is 0 Å². The largest absolute Gasteiger partial charge is 0.469 e. The maximum atomic E-state index is 5.43. The summed E-state index contributed by atoms with van der Waals surface area (Å²) in [5.41, 5.74) is 3.47. The molecule has 0 amide bonds. The number of fused-ring (bicyclic) bond motifs is 3. The van der Waals surface area contributed by atoms with E-state index in [1.54, 1.807) is 13.4 Å². The number of aromatic nitrogens is 2. The van der Waals surface area contributed by atoms with Crippen LogP contribution in [0.2, 0.25) is 0 Å². The predicted molar refractivity (Wildman–Crippen MR) is 64.1 cm³/mol. The number of anilines is 1. The zero-order valence-electron chi connectivity index (χ0n) is 9.75. The Hall–Kier alpha value is -1.75. The number of furan rings is 1. The van der Waals surface area contributed by atoms with Crippen molar-refractivity contribution in [2.75, 3.05) is 25.6 Å². The Bertz CT molecular complexity index is 516. The van der Waals surface area contributed by atoms with Gasteiger partial charge in [-0.2, -0.15) is 5.10 Å². The summed E-state index contributed by atoms with van der Waals surface area (Å²) in [6, 6.07) is 1.99. The summed E-state index contributed by atoms with van der Waals surface area (Å²) in [7, 11) is 1.69. The van der Waals surface area contributed by atoms with Crippen molar-refractivity contribution < 1.29 is 9.15 Å². The van der Waals surface area contributed by atoms with Crippen LogP contribution in [-0.2, 0) is 17.6 Å². The number of hydrogen-bond donors (Lipinski definition) is 2. The summed E-state index contributed by atoms with van der Waals surface area (Å²) in [5.74, 6) is 1.98. The van der Waals surface area contributed by atoms with Crippen LogP contribution in [0.15, 0.2) is 16.7 Å². The van der Waals surface area contributed by atoms with E-state index in [9.17, 15) is 0 Å². The summed E-state index contributed by atoms with van der Waals surface area (Å²) >= 11 is 0. The highest BCUT2D eigenvalue weighted by atomic mass is 16.5. The lowest BCUT2D eigenvalue weighted by molar-refractivity contribution is 0.210. The molecule has 0 radical (unpaired) electrons. The summed E-state index contributed by atoms with van der Waals surface area (Å²) in [5, 5.41) is 10.7. The van der Waals surface area contributed by atoms with Crippen LogP contribution in [0.5, 0.6) is 0 Å². The number of ether oxygens (including phenoxy) is 1. The van der Waals surface area contributed by atoms with Crippen molar-refractivity contribution in [2.45, 2.75) is 12.8 Å². The first-order valence-corrected chi connectivity index (χ1v) is 5.77. The maximum Gasteiger partial charge on any atom is 0.151 e. The van der Waals surface area contributed by atoms with Gasteiger partial charge in [0, 0.05) is 31.2 Å². The molecule has 2 aromatic rings. The highest BCUT2D eigenvalue weighted by Crippen LogP contribution is 2.35. The number of aromatic amines is 1. The number of methoxy groups -OCH3 is 1. The first kappa shape index (κ1) is 10.4. The topological polar surface area (TPSA) is 63.1 Å². The number of nitrogens with zero attached hydrogens (tertiary/aromatic N) is 1. The molecule has 5 nitrogen and oxygen atoms in total. The molecule has 2 aromatic heterocycles. The van der Waals surface area contributed by atoms with Gasteiger partial charge < -0.3 is 14.5 Å². The molecule has 2 N–H and O–H groups in total. The summed E-state index contributed by atoms with van der Waals surface area (Å²) in [4.78, 5) is 0. The fourth-order valence-corrected chi connectivity index (χ4v) is 2.24. The van der Waals surface area contributed by atoms with Crippen molar-refractivity contribution in [3.8, 4) is 11.3 Å². The molecule has 17 heavy (non-hydrogen) atoms. The molecule has 1 aliphatic rings. The molecule has 90 valence electrons. The minimum absolute atomic E-state index is 0.679. The van der Waals surface area contributed by atoms with Gasteiger partial charge >= 0.3 is 0 Å². The van der Waals surface area contributed by atoms with Gasteiger partial charge in [-0.05, 0) is 12.5 Å². The lowest BCUT2D eigenvalue weighted by Gasteiger charge is -2.11. The van der Waals surface area contributed by atoms with Crippen LogP contribution in [0.3, 0.4) is 0 Å². The third kappa shape index (κ3) is 1.72. The lowest BCUT2D eigenvalue weighted by atomic mass is 9.96. The van der Waals surface area contributed by atoms with Crippen LogP contribution >= 0.6 is 0 Å². The fraction of sp³-hybridized carbons (Fsp3) is 0.417. The Morgan fingerprint density at radius 3 is 3.35 bits per heavy atom. The van der Waals surface area contributed by atoms with Gasteiger partial charge in [0.2, 0.25) is 0 Å². The van der Waals surface area contributed by atoms with Gasteiger partial charge in [-0.1, -0.05) is 0 Å². The van der Waals surface area contributed by atoms with E-state index < -0.39 is 0 Å². The molecular weight excluding hydrogens is 218 g/mol. The highest BCUT2D eigenvalue weighted by Gasteiger charge is 2.23. The van der Waals surface area contributed by atoms with E-state index in [1.165, 1.54) is 5.56 Å². The van der Waals surface area contributed by atoms with Crippen LogP contribution in [0.1, 0.15) is 11.3 Å². The second kappa shape index (κ2) is 4.25. The Balaban J connectivity index is 1.87. The molecule has 5 heteroatoms. The Kier molecular flexibility index (Phi) is 2.60. The average molecular weight is 233 g/mol. The summed E-state index contributed by atoms with van der Waals surface area (Å²) in [6.45, 7) is 1.45. The Labute approximate surface area is 99.2 Å². The van der Waals surface area contributed by atoms with Gasteiger partial charge in [-0.25, -0.2) is 0 Å². The van der Waals surface area contributed by atoms with Gasteiger partial charge in [0.15, 0.2) is 5.82 Å². The maximum absolute atomic E-state index is 5.43. The van der Waals surface area contributed by atoms with Crippen LogP contribution in [-0.4, -0.2) is 30.5 Å². The van der Waals surface area contributed by atoms with Gasteiger partial charge in [0.05, 0.1) is 18.6 Å². The molecule has 0 unspecified atom stereocenters. The van der Waals surface area contributed by atoms with Crippen molar-refractivity contribution in [1.29, 1.82) is 0 Å². The van der Waals surface area contributed by atoms with E-state index in [2.05, 4.69) is 15.5 Å². The number of rotatable bonds is 4. The van der Waals surface area contributed by atoms with Gasteiger partial charge in [0.25, 0.3) is 0 Å². The molecule has 3 rings (SSSR count). The third-order valence-corrected chi connectivity index (χ3v) is 3.08. The molecule has 0 saturated carbocycles. The van der Waals surface area contributed by atoms with Crippen molar-refractivity contribution in [3.63, 3.8) is 0 Å². The zero-order valence-corrected chi connectivity index (χ0v) is 9.75. The second-order valence-corrected chi connectivity index (χ2v) is 4.10. The molecule has 0 spiro atoms. The lowest BCUT2D eigenvalue weighted by Crippen LogP contribution is -2.10. The molecule has 0 atom stereocenters. The van der Waals surface area contributed by atoms with Crippen LogP contribution in [0.4, 0.5) is 5.82 Å². The molecular formula is C12H15N3O2. The molecule has 0 aliphatic heterocycles. The minimum Gasteiger partial charge on any atom is -0.469 e. The van der Waals surface area contributed by atoms with E-state index >= 15 is 0 Å². The van der Waals surface area contributed by atoms with Crippen molar-refractivity contribution in [2.24, 2.45) is 0 Å². The fourth-order valence-electron chi connectivity index (χ4n) is 2.24. The normalized spacial score (nSPS) is 13.2. The average Bonchev–Trinajstić information content (AvgIpc) is 2.94. The standard InChI is InChI=1S/C12H15N3O2/c1-16-7-5-13-12-9-2-3-10-8(4-6-17-10)11(9)14-15-12/h4,6H,2-3,5,7H2,1H3,(H2,13,14,15). The summed E-state index contributed by atoms with van der Waals surface area (Å²) < 4.78 is 10.4. The van der Waals surface area contributed by atoms with E-state index in [0.29, 0.717) is 6.61 Å². The molecule has 0 bridgehead atoms. The summed E-state index contributed by atoms with van der Waals surface area (Å²) in [6.07, 6.45) is 3.63. The molecule has 0 saturated heterocycles. The van der Waals surface area contributed by atoms with E-state index in [0.717, 1.165) is 42.2 Å². The molecule has 0 aromatic carbocycles. The SMILES string of the molecule is COCCNc1n[nH]c2c1CCc1occc1-2. The second-order valence-electron chi connectivity index (χ2n) is 4.10. The van der Waals surface area contributed by atoms with Gasteiger partial charge in [-0.3, -0.25) is 5.10 Å². The highest BCUT2D eigenvalue weighted by molar-refractivity contribution is 5.72. The van der Waals surface area contributed by atoms with E-state index in [4.69, 9.17) is 9.15 Å². The van der Waals surface area contributed by atoms with Gasteiger partial charge in [0.1, 0.15) is 5.76 Å². The Morgan fingerprint density at radius 1 is 1.53 bits per heavy atom. The first-order valence-electron chi connectivity index (χ1n) is 5.77. The number of hydrogen-bond acceptors (Lipinski definition) is 4. The van der Waals surface area contributed by atoms with Crippen molar-refractivity contribution in [3.05, 3.63) is 23.7 Å². The number of nitrogens with one attached hydrogen (secondary N) is 2. The first-order chi connectivity index (χ1) is 8.40. The third-order valence-electron chi connectivity index (χ3n) is 3.08. The molecule has 0 fully saturated rings. The van der Waals surface area contributed by atoms with Crippen molar-refractivity contribution >= 4 is 5.82 Å². The zero-order chi connectivity index (χ0) is 11.7. The Morgan fingerprint density at radius 2 is 2.47 bits per heavy atom. The van der Waals surface area contributed by atoms with Crippen LogP contribution < -0.4 is 5.32 Å². The monoisotopic (exact) mass is 233 g/mol. The predicted octanol–water partition coefficient (Wildman–Crippen LogP) is 1.83. The number of H-pyrrole nitrogens is 1. The number of aryl methyl sites for hydroxylation is 1. The molecule has 2 heterocycles. The quantitative estimate of drug-likeness (QED) is 0.791. The minimum atomic E-state index is 0.679. The molecule has 1 aliphatic carbocycles. The van der Waals surface area contributed by atoms with E-state index in [1.807, 2.05) is 6.07 Å². The van der Waals surface area contributed by atoms with Crippen molar-refractivity contribution in [1.82, 2.24) is 10.2 Å². The van der Waals surface area contributed by atoms with Crippen LogP contribution in [0.25, 0.3) is 11.3 Å². The van der Waals surface area contributed by atoms with Gasteiger partial charge in [-0.15, -0.1) is 0 Å². The van der Waals surface area contributed by atoms with Crippen LogP contribution in [0, 0.1) is 0 Å². The smallest absolute Gasteiger partial charge is 0.151 e.